The van der Waals surface area contributed by atoms with Crippen molar-refractivity contribution in [1.29, 1.82) is 0 Å². The van der Waals surface area contributed by atoms with Crippen LogP contribution in [0.25, 0.3) is 56.8 Å². The summed E-state index contributed by atoms with van der Waals surface area (Å²) in [6, 6.07) is 24.3. The van der Waals surface area contributed by atoms with Crippen LogP contribution in [0.5, 0.6) is 0 Å². The summed E-state index contributed by atoms with van der Waals surface area (Å²) in [6.07, 6.45) is 10.2. The van der Waals surface area contributed by atoms with Gasteiger partial charge in [-0.05, 0) is 67.8 Å². The highest BCUT2D eigenvalue weighted by atomic mass is 16.5. The Morgan fingerprint density at radius 2 is 1.15 bits per heavy atom. The maximum atomic E-state index is 14.1. The number of pyridine rings is 4. The van der Waals surface area contributed by atoms with E-state index in [1.54, 1.807) is 53.9 Å². The summed E-state index contributed by atoms with van der Waals surface area (Å²) in [5.74, 6) is 1.44. The zero-order chi connectivity index (χ0) is 36.5. The first kappa shape index (κ1) is 33.1. The lowest BCUT2D eigenvalue weighted by molar-refractivity contribution is 0.431. The van der Waals surface area contributed by atoms with Crippen LogP contribution in [-0.2, 0) is 13.1 Å². The molecule has 0 spiro atoms. The van der Waals surface area contributed by atoms with Crippen LogP contribution in [0.3, 0.4) is 0 Å². The van der Waals surface area contributed by atoms with Crippen molar-refractivity contribution in [2.75, 3.05) is 0 Å². The van der Waals surface area contributed by atoms with Crippen LogP contribution < -0.4 is 11.1 Å². The third-order valence-corrected chi connectivity index (χ3v) is 8.71. The van der Waals surface area contributed by atoms with Crippen LogP contribution in [0.15, 0.2) is 135 Å². The van der Waals surface area contributed by atoms with Crippen molar-refractivity contribution in [1.82, 2.24) is 39.4 Å². The predicted octanol–water partition coefficient (Wildman–Crippen LogP) is 6.92. The number of aromatic nitrogens is 8. The van der Waals surface area contributed by atoms with E-state index in [2.05, 4.69) is 30.2 Å². The summed E-state index contributed by atoms with van der Waals surface area (Å²) >= 11 is 0. The van der Waals surface area contributed by atoms with E-state index in [0.29, 0.717) is 39.5 Å². The van der Waals surface area contributed by atoms with Crippen LogP contribution in [-0.4, -0.2) is 39.4 Å². The standard InChI is InChI=1S/C41H32N8O4/c1-25-6-4-8-30(13-25)37-44-39(52-46-37)32-10-11-36(50)48(23-32)21-29-15-33(20-43-19-29)35-16-34(24-49(41(35)51)22-28-12-27(3)17-42-18-28)40-45-38(47-53-40)31-9-5-7-26(2)14-31/h4-20,23-24H,21-22H2,1-3H3. The van der Waals surface area contributed by atoms with Crippen LogP contribution in [0.2, 0.25) is 0 Å². The van der Waals surface area contributed by atoms with Gasteiger partial charge in [-0.3, -0.25) is 19.6 Å². The SMILES string of the molecule is Cc1cncc(Cn2cc(-c3nc(-c4cccc(C)c4)no3)cc(-c3cncc(Cn4cc(-c5nc(-c6cccc(C)c6)no5)ccc4=O)c3)c2=O)c1. The topological polar surface area (TPSA) is 148 Å². The van der Waals surface area contributed by atoms with Gasteiger partial charge in [-0.15, -0.1) is 0 Å². The first-order valence-corrected chi connectivity index (χ1v) is 16.9. The lowest BCUT2D eigenvalue weighted by Crippen LogP contribution is -2.22. The van der Waals surface area contributed by atoms with E-state index in [-0.39, 0.29) is 36.0 Å². The van der Waals surface area contributed by atoms with E-state index in [0.717, 1.165) is 33.4 Å². The number of rotatable bonds is 9. The molecule has 8 rings (SSSR count). The normalized spacial score (nSPS) is 11.2. The summed E-state index contributed by atoms with van der Waals surface area (Å²) < 4.78 is 14.5. The summed E-state index contributed by atoms with van der Waals surface area (Å²) in [5, 5.41) is 8.38. The van der Waals surface area contributed by atoms with Crippen LogP contribution in [0.4, 0.5) is 0 Å². The van der Waals surface area contributed by atoms with E-state index in [9.17, 15) is 9.59 Å². The Morgan fingerprint density at radius 1 is 0.547 bits per heavy atom. The number of aryl methyl sites for hydroxylation is 3. The van der Waals surface area contributed by atoms with E-state index < -0.39 is 0 Å². The second-order valence-electron chi connectivity index (χ2n) is 13.0. The van der Waals surface area contributed by atoms with Gasteiger partial charge in [0, 0.05) is 65.5 Å². The maximum Gasteiger partial charge on any atom is 0.259 e. The Morgan fingerprint density at radius 3 is 1.81 bits per heavy atom. The van der Waals surface area contributed by atoms with Gasteiger partial charge in [-0.1, -0.05) is 63.9 Å². The molecule has 8 aromatic rings. The molecule has 53 heavy (non-hydrogen) atoms. The minimum Gasteiger partial charge on any atom is -0.334 e. The van der Waals surface area contributed by atoms with Crippen LogP contribution >= 0.6 is 0 Å². The molecule has 0 unspecified atom stereocenters. The van der Waals surface area contributed by atoms with Gasteiger partial charge in [0.2, 0.25) is 11.6 Å². The lowest BCUT2D eigenvalue weighted by Gasteiger charge is -2.12. The molecule has 6 heterocycles. The van der Waals surface area contributed by atoms with Crippen LogP contribution in [0, 0.1) is 20.8 Å². The highest BCUT2D eigenvalue weighted by Gasteiger charge is 2.18. The maximum absolute atomic E-state index is 14.1. The summed E-state index contributed by atoms with van der Waals surface area (Å²) in [5.41, 5.74) is 7.96. The van der Waals surface area contributed by atoms with Crippen molar-refractivity contribution in [3.63, 3.8) is 0 Å². The van der Waals surface area contributed by atoms with Crippen molar-refractivity contribution in [2.24, 2.45) is 0 Å². The molecule has 0 aliphatic heterocycles. The van der Waals surface area contributed by atoms with Gasteiger partial charge in [0.05, 0.1) is 24.2 Å². The van der Waals surface area contributed by atoms with E-state index >= 15 is 0 Å². The summed E-state index contributed by atoms with van der Waals surface area (Å²) in [7, 11) is 0. The number of nitrogens with zero attached hydrogens (tertiary/aromatic N) is 8. The van der Waals surface area contributed by atoms with E-state index in [1.807, 2.05) is 81.4 Å². The number of hydrogen-bond donors (Lipinski definition) is 0. The summed E-state index contributed by atoms with van der Waals surface area (Å²) in [4.78, 5) is 45.2. The Balaban J connectivity index is 1.14. The van der Waals surface area contributed by atoms with Crippen molar-refractivity contribution in [3.05, 3.63) is 165 Å². The second kappa shape index (κ2) is 13.9. The smallest absolute Gasteiger partial charge is 0.259 e. The molecule has 0 bridgehead atoms. The van der Waals surface area contributed by atoms with Gasteiger partial charge in [0.15, 0.2) is 0 Å². The van der Waals surface area contributed by atoms with Crippen LogP contribution in [0.1, 0.15) is 27.8 Å². The fraction of sp³-hybridized carbons (Fsp3) is 0.122. The summed E-state index contributed by atoms with van der Waals surface area (Å²) in [6.45, 7) is 6.39. The predicted molar refractivity (Wildman–Crippen MR) is 199 cm³/mol. The quantitative estimate of drug-likeness (QED) is 0.155. The molecule has 12 heteroatoms. The van der Waals surface area contributed by atoms with Gasteiger partial charge < -0.3 is 18.2 Å². The van der Waals surface area contributed by atoms with Gasteiger partial charge in [-0.25, -0.2) is 0 Å². The molecule has 0 aliphatic rings. The molecule has 260 valence electrons. The third-order valence-electron chi connectivity index (χ3n) is 8.71. The molecular weight excluding hydrogens is 669 g/mol. The first-order valence-electron chi connectivity index (χ1n) is 16.9. The molecule has 6 aromatic heterocycles. The molecule has 0 aliphatic carbocycles. The van der Waals surface area contributed by atoms with E-state index in [1.165, 1.54) is 10.6 Å². The lowest BCUT2D eigenvalue weighted by atomic mass is 10.0. The van der Waals surface area contributed by atoms with Crippen molar-refractivity contribution in [2.45, 2.75) is 33.9 Å². The third kappa shape index (κ3) is 7.10. The molecule has 0 radical (unpaired) electrons. The minimum atomic E-state index is -0.243. The molecule has 0 fully saturated rings. The van der Waals surface area contributed by atoms with Gasteiger partial charge in [0.25, 0.3) is 22.9 Å². The molecule has 12 nitrogen and oxygen atoms in total. The highest BCUT2D eigenvalue weighted by molar-refractivity contribution is 5.69. The molecule has 0 N–H and O–H groups in total. The molecule has 0 saturated heterocycles. The average Bonchev–Trinajstić information content (AvgIpc) is 3.85. The van der Waals surface area contributed by atoms with Crippen molar-refractivity contribution >= 4 is 0 Å². The van der Waals surface area contributed by atoms with Crippen molar-refractivity contribution < 1.29 is 9.05 Å². The molecule has 0 saturated carbocycles. The monoisotopic (exact) mass is 700 g/mol. The molecule has 0 amide bonds. The Bertz CT molecular complexity index is 2740. The second-order valence-corrected chi connectivity index (χ2v) is 13.0. The average molecular weight is 701 g/mol. The van der Waals surface area contributed by atoms with Gasteiger partial charge in [0.1, 0.15) is 0 Å². The van der Waals surface area contributed by atoms with Gasteiger partial charge >= 0.3 is 0 Å². The Kier molecular flexibility index (Phi) is 8.68. The number of hydrogen-bond acceptors (Lipinski definition) is 10. The van der Waals surface area contributed by atoms with E-state index in [4.69, 9.17) is 9.05 Å². The molecular formula is C41H32N8O4. The Labute approximate surface area is 303 Å². The molecule has 0 atom stereocenters. The Hall–Kier alpha value is -7.08. The fourth-order valence-electron chi connectivity index (χ4n) is 6.16. The molecule has 2 aromatic carbocycles. The first-order chi connectivity index (χ1) is 25.8. The number of benzene rings is 2. The van der Waals surface area contributed by atoms with Gasteiger partial charge in [-0.2, -0.15) is 9.97 Å². The van der Waals surface area contributed by atoms with Crippen molar-refractivity contribution in [3.8, 4) is 56.8 Å². The zero-order valence-corrected chi connectivity index (χ0v) is 29.1. The highest BCUT2D eigenvalue weighted by Crippen LogP contribution is 2.27. The minimum absolute atomic E-state index is 0.179. The largest absolute Gasteiger partial charge is 0.334 e. The zero-order valence-electron chi connectivity index (χ0n) is 29.1. The fourth-order valence-corrected chi connectivity index (χ4v) is 6.16.